The van der Waals surface area contributed by atoms with Crippen LogP contribution >= 0.6 is 31.9 Å². The predicted octanol–water partition coefficient (Wildman–Crippen LogP) is 4.54. The molecule has 0 spiro atoms. The monoisotopic (exact) mass is 364 g/mol. The zero-order chi connectivity index (χ0) is 12.7. The van der Waals surface area contributed by atoms with Crippen LogP contribution in [0, 0.1) is 0 Å². The highest BCUT2D eigenvalue weighted by atomic mass is 79.9. The fourth-order valence-corrected chi connectivity index (χ4v) is 3.57. The molecule has 0 amide bonds. The molecule has 90 valence electrons. The molecule has 0 saturated carbocycles. The van der Waals surface area contributed by atoms with E-state index in [1.54, 1.807) is 0 Å². The maximum atomic E-state index is 12.2. The fraction of sp³-hybridized carbons (Fsp3) is 0.133. The number of rotatable bonds is 1. The first-order valence-electron chi connectivity index (χ1n) is 5.71. The normalized spacial score (nSPS) is 22.0. The van der Waals surface area contributed by atoms with Crippen molar-refractivity contribution in [3.63, 3.8) is 0 Å². The molecule has 0 heterocycles. The zero-order valence-electron chi connectivity index (χ0n) is 9.44. The number of fused-ring (bicyclic) bond motifs is 1. The molecule has 0 N–H and O–H groups in total. The molecular formula is C15H10Br2O. The Morgan fingerprint density at radius 2 is 1.61 bits per heavy atom. The van der Waals surface area contributed by atoms with Crippen molar-refractivity contribution in [2.75, 3.05) is 0 Å². The second-order valence-electron chi connectivity index (χ2n) is 4.38. The molecule has 18 heavy (non-hydrogen) atoms. The number of Topliss-reactive ketones (excluding diaryl/α,β-unsaturated/α-hetero) is 1. The van der Waals surface area contributed by atoms with Crippen molar-refractivity contribution >= 4 is 37.6 Å². The van der Waals surface area contributed by atoms with E-state index in [2.05, 4.69) is 44.0 Å². The van der Waals surface area contributed by atoms with Crippen molar-refractivity contribution in [2.24, 2.45) is 0 Å². The number of halogens is 2. The maximum Gasteiger partial charge on any atom is 0.177 e. The third-order valence-electron chi connectivity index (χ3n) is 3.33. The summed E-state index contributed by atoms with van der Waals surface area (Å²) in [5, 5.41) is 0. The summed E-state index contributed by atoms with van der Waals surface area (Å²) in [6, 6.07) is 16.0. The van der Waals surface area contributed by atoms with E-state index < -0.39 is 0 Å². The number of hydrogen-bond acceptors (Lipinski definition) is 1. The number of alkyl halides is 1. The molecule has 1 aliphatic carbocycles. The topological polar surface area (TPSA) is 17.1 Å². The first-order chi connectivity index (χ1) is 8.68. The third-order valence-corrected chi connectivity index (χ3v) is 4.81. The highest BCUT2D eigenvalue weighted by molar-refractivity contribution is 9.10. The molecule has 3 heteroatoms. The lowest BCUT2D eigenvalue weighted by atomic mass is 9.93. The maximum absolute atomic E-state index is 12.2. The largest absolute Gasteiger partial charge is 0.293 e. The van der Waals surface area contributed by atoms with Gasteiger partial charge in [0.1, 0.15) is 0 Å². The van der Waals surface area contributed by atoms with E-state index in [0.717, 1.165) is 15.6 Å². The molecule has 2 aromatic rings. The van der Waals surface area contributed by atoms with E-state index >= 15 is 0 Å². The second kappa shape index (κ2) is 4.63. The van der Waals surface area contributed by atoms with Crippen LogP contribution in [-0.2, 0) is 0 Å². The minimum Gasteiger partial charge on any atom is -0.293 e. The summed E-state index contributed by atoms with van der Waals surface area (Å²) >= 11 is 6.98. The van der Waals surface area contributed by atoms with Gasteiger partial charge in [0.05, 0.1) is 4.83 Å². The third kappa shape index (κ3) is 1.86. The summed E-state index contributed by atoms with van der Waals surface area (Å²) in [7, 11) is 0. The Morgan fingerprint density at radius 1 is 0.944 bits per heavy atom. The number of carbonyl (C=O) groups excluding carboxylic acids is 1. The summed E-state index contributed by atoms with van der Waals surface area (Å²) < 4.78 is 1.05. The van der Waals surface area contributed by atoms with Gasteiger partial charge in [-0.15, -0.1) is 0 Å². The van der Waals surface area contributed by atoms with Gasteiger partial charge in [-0.1, -0.05) is 68.3 Å². The van der Waals surface area contributed by atoms with E-state index in [9.17, 15) is 4.79 Å². The van der Waals surface area contributed by atoms with Gasteiger partial charge in [-0.05, 0) is 23.3 Å². The van der Waals surface area contributed by atoms with Crippen molar-refractivity contribution in [3.05, 3.63) is 69.7 Å². The minimum absolute atomic E-state index is 0.113. The molecule has 1 aliphatic rings. The van der Waals surface area contributed by atoms with Crippen LogP contribution in [0.1, 0.15) is 27.4 Å². The molecule has 2 atom stereocenters. The Balaban J connectivity index is 2.13. The van der Waals surface area contributed by atoms with E-state index in [-0.39, 0.29) is 16.5 Å². The van der Waals surface area contributed by atoms with E-state index in [4.69, 9.17) is 0 Å². The smallest absolute Gasteiger partial charge is 0.177 e. The molecule has 2 aromatic carbocycles. The Labute approximate surface area is 122 Å². The van der Waals surface area contributed by atoms with Crippen molar-refractivity contribution in [1.82, 2.24) is 0 Å². The Kier molecular flexibility index (Phi) is 3.12. The van der Waals surface area contributed by atoms with Crippen LogP contribution in [0.4, 0.5) is 0 Å². The fourth-order valence-electron chi connectivity index (χ4n) is 2.47. The molecular weight excluding hydrogens is 356 g/mol. The van der Waals surface area contributed by atoms with Crippen LogP contribution in [0.25, 0.3) is 0 Å². The first kappa shape index (κ1) is 12.1. The average molecular weight is 366 g/mol. The van der Waals surface area contributed by atoms with Crippen LogP contribution in [-0.4, -0.2) is 10.6 Å². The average Bonchev–Trinajstić information content (AvgIpc) is 2.64. The van der Waals surface area contributed by atoms with Crippen molar-refractivity contribution < 1.29 is 4.79 Å². The predicted molar refractivity (Wildman–Crippen MR) is 79.5 cm³/mol. The second-order valence-corrected chi connectivity index (χ2v) is 6.28. The number of hydrogen-bond donors (Lipinski definition) is 0. The number of ketones is 1. The van der Waals surface area contributed by atoms with E-state index in [1.165, 1.54) is 5.56 Å². The van der Waals surface area contributed by atoms with Gasteiger partial charge in [-0.3, -0.25) is 4.79 Å². The summed E-state index contributed by atoms with van der Waals surface area (Å²) in [5.41, 5.74) is 3.12. The Bertz CT molecular complexity index is 604. The van der Waals surface area contributed by atoms with E-state index in [1.807, 2.05) is 36.4 Å². The zero-order valence-corrected chi connectivity index (χ0v) is 12.6. The van der Waals surface area contributed by atoms with Gasteiger partial charge in [0, 0.05) is 16.0 Å². The Hall–Kier alpha value is -0.930. The first-order valence-corrected chi connectivity index (χ1v) is 7.42. The summed E-state index contributed by atoms with van der Waals surface area (Å²) in [6.07, 6.45) is 0. The van der Waals surface area contributed by atoms with Crippen LogP contribution in [0.15, 0.2) is 53.0 Å². The highest BCUT2D eigenvalue weighted by Crippen LogP contribution is 2.42. The molecule has 0 saturated heterocycles. The lowest BCUT2D eigenvalue weighted by Crippen LogP contribution is -2.13. The number of benzene rings is 2. The van der Waals surface area contributed by atoms with Gasteiger partial charge in [0.25, 0.3) is 0 Å². The van der Waals surface area contributed by atoms with Crippen molar-refractivity contribution in [1.29, 1.82) is 0 Å². The van der Waals surface area contributed by atoms with Gasteiger partial charge in [-0.2, -0.15) is 0 Å². The molecule has 0 aliphatic heterocycles. The van der Waals surface area contributed by atoms with Crippen LogP contribution in [0.5, 0.6) is 0 Å². The van der Waals surface area contributed by atoms with Crippen molar-refractivity contribution in [2.45, 2.75) is 10.7 Å². The molecule has 0 fully saturated rings. The molecule has 3 rings (SSSR count). The molecule has 0 radical (unpaired) electrons. The summed E-state index contributed by atoms with van der Waals surface area (Å²) in [4.78, 5) is 12.0. The van der Waals surface area contributed by atoms with Gasteiger partial charge in [-0.25, -0.2) is 0 Å². The Morgan fingerprint density at radius 3 is 2.33 bits per heavy atom. The van der Waals surface area contributed by atoms with Crippen LogP contribution in [0.2, 0.25) is 0 Å². The lowest BCUT2D eigenvalue weighted by Gasteiger charge is -2.15. The van der Waals surface area contributed by atoms with E-state index in [0.29, 0.717) is 0 Å². The standard InChI is InChI=1S/C15H10Br2O/c16-10-7-5-9(6-8-10)13-11-3-1-2-4-12(11)15(18)14(13)17/h1-8,13-14H. The quantitative estimate of drug-likeness (QED) is 0.678. The van der Waals surface area contributed by atoms with Gasteiger partial charge in [0.15, 0.2) is 5.78 Å². The number of carbonyl (C=O) groups is 1. The van der Waals surface area contributed by atoms with Gasteiger partial charge < -0.3 is 0 Å². The highest BCUT2D eigenvalue weighted by Gasteiger charge is 2.38. The van der Waals surface area contributed by atoms with Gasteiger partial charge in [0.2, 0.25) is 0 Å². The van der Waals surface area contributed by atoms with Crippen molar-refractivity contribution in [3.8, 4) is 0 Å². The minimum atomic E-state index is -0.156. The lowest BCUT2D eigenvalue weighted by molar-refractivity contribution is 0.0999. The van der Waals surface area contributed by atoms with Crippen LogP contribution < -0.4 is 0 Å². The summed E-state index contributed by atoms with van der Waals surface area (Å²) in [6.45, 7) is 0. The molecule has 0 aromatic heterocycles. The molecule has 2 unspecified atom stereocenters. The van der Waals surface area contributed by atoms with Gasteiger partial charge >= 0.3 is 0 Å². The van der Waals surface area contributed by atoms with Crippen LogP contribution in [0.3, 0.4) is 0 Å². The summed E-state index contributed by atoms with van der Waals surface area (Å²) in [5.74, 6) is 0.292. The molecule has 0 bridgehead atoms. The SMILES string of the molecule is O=C1c2ccccc2C(c2ccc(Br)cc2)C1Br. The molecule has 1 nitrogen and oxygen atoms in total.